The maximum absolute atomic E-state index is 12.4. The third-order valence-corrected chi connectivity index (χ3v) is 2.60. The minimum absolute atomic E-state index is 0.138. The molecule has 0 aliphatic rings. The quantitative estimate of drug-likeness (QED) is 0.758. The van der Waals surface area contributed by atoms with Crippen molar-refractivity contribution in [2.24, 2.45) is 0 Å². The number of rotatable bonds is 3. The van der Waals surface area contributed by atoms with Crippen molar-refractivity contribution in [1.82, 2.24) is 0 Å². The van der Waals surface area contributed by atoms with Crippen LogP contribution in [0.2, 0.25) is 5.02 Å². The molecule has 0 unspecified atom stereocenters. The molecule has 0 heterocycles. The van der Waals surface area contributed by atoms with Crippen LogP contribution >= 0.6 is 11.6 Å². The summed E-state index contributed by atoms with van der Waals surface area (Å²) < 4.78 is 38.2. The molecule has 1 rings (SSSR count). The Balaban J connectivity index is 3.18. The van der Waals surface area contributed by atoms with Gasteiger partial charge >= 0.3 is 10.2 Å². The predicted molar refractivity (Wildman–Crippen MR) is 51.7 cm³/mol. The van der Waals surface area contributed by atoms with E-state index in [9.17, 15) is 12.3 Å². The Morgan fingerprint density at radius 1 is 1.50 bits per heavy atom. The summed E-state index contributed by atoms with van der Waals surface area (Å²) >= 11 is 5.70. The van der Waals surface area contributed by atoms with Crippen molar-refractivity contribution in [3.05, 3.63) is 28.8 Å². The van der Waals surface area contributed by atoms with Gasteiger partial charge in [0.2, 0.25) is 0 Å². The zero-order valence-corrected chi connectivity index (χ0v) is 8.90. The molecule has 6 heteroatoms. The maximum Gasteiger partial charge on any atom is 0.306 e. The van der Waals surface area contributed by atoms with Gasteiger partial charge in [0.15, 0.2) is 0 Å². The number of halogens is 2. The van der Waals surface area contributed by atoms with E-state index in [1.165, 1.54) is 19.2 Å². The molecule has 0 spiro atoms. The maximum atomic E-state index is 12.4. The number of hydrogen-bond acceptors (Lipinski definition) is 3. The molecule has 0 bridgehead atoms. The molecule has 0 fully saturated rings. The summed E-state index contributed by atoms with van der Waals surface area (Å²) in [4.78, 5) is 0. The van der Waals surface area contributed by atoms with Gasteiger partial charge in [0.25, 0.3) is 0 Å². The SMILES string of the molecule is COc1cccc(Cl)c1CS(=O)(=O)F. The fourth-order valence-corrected chi connectivity index (χ4v) is 2.00. The Bertz CT molecular complexity index is 430. The third kappa shape index (κ3) is 2.85. The van der Waals surface area contributed by atoms with Gasteiger partial charge in [-0.3, -0.25) is 0 Å². The van der Waals surface area contributed by atoms with E-state index in [1.807, 2.05) is 0 Å². The first kappa shape index (κ1) is 11.3. The highest BCUT2D eigenvalue weighted by molar-refractivity contribution is 7.85. The van der Waals surface area contributed by atoms with Crippen LogP contribution in [0.5, 0.6) is 5.75 Å². The molecule has 14 heavy (non-hydrogen) atoms. The molecule has 0 atom stereocenters. The molecule has 0 aliphatic carbocycles. The number of hydrogen-bond donors (Lipinski definition) is 0. The summed E-state index contributed by atoms with van der Waals surface area (Å²) in [5, 5.41) is 0.172. The van der Waals surface area contributed by atoms with Gasteiger partial charge in [-0.1, -0.05) is 17.7 Å². The van der Waals surface area contributed by atoms with Crippen LogP contribution in [0.4, 0.5) is 3.89 Å². The fourth-order valence-electron chi connectivity index (χ4n) is 1.04. The lowest BCUT2D eigenvalue weighted by molar-refractivity contribution is 0.410. The van der Waals surface area contributed by atoms with Gasteiger partial charge in [0, 0.05) is 10.6 Å². The molecular formula is C8H8ClFO3S. The Kier molecular flexibility index (Phi) is 3.34. The van der Waals surface area contributed by atoms with E-state index in [4.69, 9.17) is 16.3 Å². The van der Waals surface area contributed by atoms with Crippen LogP contribution in [0.3, 0.4) is 0 Å². The van der Waals surface area contributed by atoms with E-state index in [0.717, 1.165) is 0 Å². The van der Waals surface area contributed by atoms with E-state index in [0.29, 0.717) is 0 Å². The van der Waals surface area contributed by atoms with Gasteiger partial charge in [0.1, 0.15) is 11.5 Å². The lowest BCUT2D eigenvalue weighted by Crippen LogP contribution is -2.00. The van der Waals surface area contributed by atoms with E-state index < -0.39 is 16.0 Å². The molecule has 0 amide bonds. The van der Waals surface area contributed by atoms with Crippen LogP contribution in [0.25, 0.3) is 0 Å². The van der Waals surface area contributed by atoms with Gasteiger partial charge in [-0.2, -0.15) is 8.42 Å². The predicted octanol–water partition coefficient (Wildman–Crippen LogP) is 2.15. The van der Waals surface area contributed by atoms with Crippen LogP contribution in [0, 0.1) is 0 Å². The minimum Gasteiger partial charge on any atom is -0.496 e. The summed E-state index contributed by atoms with van der Waals surface area (Å²) in [5.74, 6) is -0.505. The second-order valence-corrected chi connectivity index (χ2v) is 4.38. The van der Waals surface area contributed by atoms with Crippen molar-refractivity contribution >= 4 is 21.8 Å². The standard InChI is InChI=1S/C8H8ClFO3S/c1-13-8-4-2-3-7(9)6(8)5-14(10,11)12/h2-4H,5H2,1H3. The second kappa shape index (κ2) is 4.14. The Morgan fingerprint density at radius 2 is 2.14 bits per heavy atom. The lowest BCUT2D eigenvalue weighted by atomic mass is 10.2. The van der Waals surface area contributed by atoms with Crippen LogP contribution in [0.15, 0.2) is 18.2 Å². The van der Waals surface area contributed by atoms with Crippen LogP contribution in [-0.4, -0.2) is 15.5 Å². The van der Waals surface area contributed by atoms with Gasteiger partial charge in [0.05, 0.1) is 7.11 Å². The summed E-state index contributed by atoms with van der Waals surface area (Å²) in [6.07, 6.45) is 0. The highest BCUT2D eigenvalue weighted by Gasteiger charge is 2.16. The highest BCUT2D eigenvalue weighted by Crippen LogP contribution is 2.28. The zero-order valence-electron chi connectivity index (χ0n) is 7.33. The van der Waals surface area contributed by atoms with E-state index in [-0.39, 0.29) is 16.3 Å². The number of ether oxygens (including phenoxy) is 1. The number of methoxy groups -OCH3 is 1. The van der Waals surface area contributed by atoms with E-state index in [1.54, 1.807) is 6.07 Å². The number of benzene rings is 1. The zero-order chi connectivity index (χ0) is 10.8. The summed E-state index contributed by atoms with van der Waals surface area (Å²) in [6, 6.07) is 4.59. The van der Waals surface area contributed by atoms with Gasteiger partial charge < -0.3 is 4.74 Å². The van der Waals surface area contributed by atoms with Crippen molar-refractivity contribution < 1.29 is 17.0 Å². The molecule has 0 aromatic heterocycles. The van der Waals surface area contributed by atoms with Gasteiger partial charge in [-0.05, 0) is 12.1 Å². The average Bonchev–Trinajstić information content (AvgIpc) is 2.06. The fraction of sp³-hybridized carbons (Fsp3) is 0.250. The first-order valence-corrected chi connectivity index (χ1v) is 5.61. The largest absolute Gasteiger partial charge is 0.496 e. The van der Waals surface area contributed by atoms with Crippen molar-refractivity contribution in [2.45, 2.75) is 5.75 Å². The second-order valence-electron chi connectivity index (χ2n) is 2.60. The van der Waals surface area contributed by atoms with Gasteiger partial charge in [-0.25, -0.2) is 0 Å². The highest BCUT2D eigenvalue weighted by atomic mass is 35.5. The van der Waals surface area contributed by atoms with Crippen molar-refractivity contribution in [3.63, 3.8) is 0 Å². The summed E-state index contributed by atoms with van der Waals surface area (Å²) in [6.45, 7) is 0. The normalized spacial score (nSPS) is 11.4. The molecule has 1 aromatic rings. The molecule has 0 N–H and O–H groups in total. The molecule has 0 radical (unpaired) electrons. The molecule has 0 saturated carbocycles. The summed E-state index contributed by atoms with van der Waals surface area (Å²) in [7, 11) is -3.24. The molecule has 3 nitrogen and oxygen atoms in total. The van der Waals surface area contributed by atoms with Crippen molar-refractivity contribution in [3.8, 4) is 5.75 Å². The minimum atomic E-state index is -4.60. The Labute approximate surface area is 86.7 Å². The third-order valence-electron chi connectivity index (χ3n) is 1.61. The molecule has 0 saturated heterocycles. The lowest BCUT2D eigenvalue weighted by Gasteiger charge is -2.07. The molecule has 78 valence electrons. The Morgan fingerprint density at radius 3 is 2.64 bits per heavy atom. The first-order valence-electron chi connectivity index (χ1n) is 3.68. The first-order chi connectivity index (χ1) is 6.44. The van der Waals surface area contributed by atoms with Crippen LogP contribution < -0.4 is 4.74 Å². The van der Waals surface area contributed by atoms with Crippen LogP contribution in [-0.2, 0) is 16.0 Å². The van der Waals surface area contributed by atoms with Crippen molar-refractivity contribution in [1.29, 1.82) is 0 Å². The Hall–Kier alpha value is -0.810. The average molecular weight is 239 g/mol. The van der Waals surface area contributed by atoms with E-state index in [2.05, 4.69) is 0 Å². The van der Waals surface area contributed by atoms with Crippen LogP contribution in [0.1, 0.15) is 5.56 Å². The van der Waals surface area contributed by atoms with Crippen molar-refractivity contribution in [2.75, 3.05) is 7.11 Å². The summed E-state index contributed by atoms with van der Waals surface area (Å²) in [5.41, 5.74) is 0.138. The van der Waals surface area contributed by atoms with Gasteiger partial charge in [-0.15, -0.1) is 3.89 Å². The molecular weight excluding hydrogens is 231 g/mol. The smallest absolute Gasteiger partial charge is 0.306 e. The monoisotopic (exact) mass is 238 g/mol. The topological polar surface area (TPSA) is 43.4 Å². The molecule has 1 aromatic carbocycles. The molecule has 0 aliphatic heterocycles. The van der Waals surface area contributed by atoms with E-state index >= 15 is 0 Å².